The van der Waals surface area contributed by atoms with E-state index in [-0.39, 0.29) is 36.1 Å². The minimum atomic E-state index is -0.309. The van der Waals surface area contributed by atoms with Gasteiger partial charge in [0.2, 0.25) is 11.8 Å². The number of nitrogens with one attached hydrogen (secondary N) is 2. The van der Waals surface area contributed by atoms with E-state index < -0.39 is 0 Å². The van der Waals surface area contributed by atoms with Gasteiger partial charge in [0.15, 0.2) is 0 Å². The van der Waals surface area contributed by atoms with Crippen LogP contribution in [0.25, 0.3) is 0 Å². The number of urea groups is 1. The van der Waals surface area contributed by atoms with Gasteiger partial charge in [-0.15, -0.1) is 23.2 Å². The molecule has 0 unspecified atom stereocenters. The van der Waals surface area contributed by atoms with E-state index in [0.29, 0.717) is 30.4 Å². The molecule has 0 aliphatic heterocycles. The highest BCUT2D eigenvalue weighted by Crippen LogP contribution is 2.15. The lowest BCUT2D eigenvalue weighted by Gasteiger charge is -2.21. The molecule has 0 aliphatic carbocycles. The van der Waals surface area contributed by atoms with Crippen molar-refractivity contribution in [3.8, 4) is 0 Å². The number of hydrogen-bond acceptors (Lipinski definition) is 4. The number of thioether (sulfide) groups is 1. The fourth-order valence-corrected chi connectivity index (χ4v) is 4.98. The first-order valence-electron chi connectivity index (χ1n) is 13.2. The smallest absolute Gasteiger partial charge is 0.324 e. The van der Waals surface area contributed by atoms with Gasteiger partial charge in [0.25, 0.3) is 0 Å². The lowest BCUT2D eigenvalue weighted by molar-refractivity contribution is -0.127. The Morgan fingerprint density at radius 3 is 2.28 bits per heavy atom. The van der Waals surface area contributed by atoms with E-state index in [9.17, 15) is 14.4 Å². The SMILES string of the molecule is CCCCCCNC(=O)N(CCCCCC)C(=O)Cc1ccc(NC(=O)C[C@H](Cl)CSCCCl)cc1. The number of nitrogens with zero attached hydrogens (tertiary/aromatic N) is 1. The van der Waals surface area contributed by atoms with Gasteiger partial charge < -0.3 is 10.6 Å². The van der Waals surface area contributed by atoms with Crippen molar-refractivity contribution >= 4 is 58.5 Å². The fourth-order valence-electron chi connectivity index (χ4n) is 3.59. The van der Waals surface area contributed by atoms with E-state index >= 15 is 0 Å². The number of rotatable bonds is 19. The predicted molar refractivity (Wildman–Crippen MR) is 154 cm³/mol. The van der Waals surface area contributed by atoms with Crippen LogP contribution in [-0.4, -0.2) is 58.6 Å². The lowest BCUT2D eigenvalue weighted by atomic mass is 10.1. The van der Waals surface area contributed by atoms with Crippen molar-refractivity contribution in [2.24, 2.45) is 0 Å². The zero-order chi connectivity index (χ0) is 26.6. The summed E-state index contributed by atoms with van der Waals surface area (Å²) in [5.41, 5.74) is 1.44. The molecule has 1 rings (SSSR count). The van der Waals surface area contributed by atoms with Gasteiger partial charge in [-0.2, -0.15) is 11.8 Å². The van der Waals surface area contributed by atoms with Gasteiger partial charge in [0.05, 0.1) is 11.8 Å². The van der Waals surface area contributed by atoms with Crippen LogP contribution >= 0.6 is 35.0 Å². The molecule has 9 heteroatoms. The topological polar surface area (TPSA) is 78.5 Å². The molecule has 0 spiro atoms. The quantitative estimate of drug-likeness (QED) is 0.144. The van der Waals surface area contributed by atoms with Crippen molar-refractivity contribution in [2.45, 2.75) is 83.4 Å². The minimum absolute atomic E-state index is 0.132. The molecule has 0 saturated heterocycles. The monoisotopic (exact) mass is 559 g/mol. The molecule has 1 aromatic carbocycles. The molecule has 6 nitrogen and oxygen atoms in total. The first-order valence-corrected chi connectivity index (χ1v) is 15.3. The first-order chi connectivity index (χ1) is 17.4. The summed E-state index contributed by atoms with van der Waals surface area (Å²) in [6, 6.07) is 6.84. The maximum absolute atomic E-state index is 13.0. The van der Waals surface area contributed by atoms with Gasteiger partial charge in [0, 0.05) is 42.6 Å². The summed E-state index contributed by atoms with van der Waals surface area (Å²) >= 11 is 13.5. The normalized spacial score (nSPS) is 11.7. The van der Waals surface area contributed by atoms with Crippen molar-refractivity contribution < 1.29 is 14.4 Å². The second-order valence-corrected chi connectivity index (χ2v) is 11.0. The molecule has 0 fully saturated rings. The Bertz CT molecular complexity index is 765. The number of carbonyl (C=O) groups is 3. The van der Waals surface area contributed by atoms with Crippen LogP contribution in [0.2, 0.25) is 0 Å². The number of carbonyl (C=O) groups excluding carboxylic acids is 3. The third-order valence-electron chi connectivity index (χ3n) is 5.61. The first kappa shape index (κ1) is 32.6. The third-order valence-corrected chi connectivity index (χ3v) is 7.64. The van der Waals surface area contributed by atoms with Crippen LogP contribution in [0.5, 0.6) is 0 Å². The van der Waals surface area contributed by atoms with E-state index in [1.807, 2.05) is 0 Å². The number of imide groups is 1. The standard InChI is InChI=1S/C27H43Cl2N3O3S/c1-3-5-7-9-16-30-27(35)32(17-10-8-6-4-2)26(34)19-22-11-13-24(14-12-22)31-25(33)20-23(29)21-36-18-15-28/h11-14,23H,3-10,15-21H2,1-2H3,(H,30,35)(H,31,33)/t23-/m0/s1. The zero-order valence-corrected chi connectivity index (χ0v) is 24.2. The molecule has 2 N–H and O–H groups in total. The van der Waals surface area contributed by atoms with Crippen molar-refractivity contribution in [1.82, 2.24) is 10.2 Å². The van der Waals surface area contributed by atoms with Crippen LogP contribution in [0.15, 0.2) is 24.3 Å². The summed E-state index contributed by atoms with van der Waals surface area (Å²) in [5, 5.41) is 5.50. The summed E-state index contributed by atoms with van der Waals surface area (Å²) in [6.07, 6.45) is 8.61. The maximum atomic E-state index is 13.0. The van der Waals surface area contributed by atoms with E-state index in [4.69, 9.17) is 23.2 Å². The van der Waals surface area contributed by atoms with E-state index in [2.05, 4.69) is 24.5 Å². The van der Waals surface area contributed by atoms with Crippen LogP contribution in [0.1, 0.15) is 77.2 Å². The van der Waals surface area contributed by atoms with Crippen LogP contribution in [0.4, 0.5) is 10.5 Å². The Labute approximate surface area is 231 Å². The number of amides is 4. The Morgan fingerprint density at radius 1 is 0.972 bits per heavy atom. The van der Waals surface area contributed by atoms with Gasteiger partial charge in [0.1, 0.15) is 0 Å². The molecular weight excluding hydrogens is 517 g/mol. The van der Waals surface area contributed by atoms with Gasteiger partial charge in [-0.1, -0.05) is 64.5 Å². The minimum Gasteiger partial charge on any atom is -0.338 e. The van der Waals surface area contributed by atoms with Crippen molar-refractivity contribution in [3.05, 3.63) is 29.8 Å². The van der Waals surface area contributed by atoms with Crippen molar-refractivity contribution in [1.29, 1.82) is 0 Å². The van der Waals surface area contributed by atoms with Crippen molar-refractivity contribution in [2.75, 3.05) is 35.8 Å². The summed E-state index contributed by atoms with van der Waals surface area (Å²) in [7, 11) is 0. The Kier molecular flexibility index (Phi) is 18.6. The molecule has 4 amide bonds. The van der Waals surface area contributed by atoms with Gasteiger partial charge in [-0.25, -0.2) is 4.79 Å². The van der Waals surface area contributed by atoms with Crippen molar-refractivity contribution in [3.63, 3.8) is 0 Å². The number of unbranched alkanes of at least 4 members (excludes halogenated alkanes) is 6. The Morgan fingerprint density at radius 2 is 1.64 bits per heavy atom. The zero-order valence-electron chi connectivity index (χ0n) is 21.8. The maximum Gasteiger partial charge on any atom is 0.324 e. The van der Waals surface area contributed by atoms with Crippen LogP contribution < -0.4 is 10.6 Å². The van der Waals surface area contributed by atoms with E-state index in [1.54, 1.807) is 36.0 Å². The second kappa shape index (κ2) is 20.6. The average Bonchev–Trinajstić information content (AvgIpc) is 2.85. The number of alkyl halides is 2. The summed E-state index contributed by atoms with van der Waals surface area (Å²) in [5.74, 6) is 1.68. The molecular formula is C27H43Cl2N3O3S. The lowest BCUT2D eigenvalue weighted by Crippen LogP contribution is -2.45. The largest absolute Gasteiger partial charge is 0.338 e. The number of anilines is 1. The van der Waals surface area contributed by atoms with Gasteiger partial charge in [-0.05, 0) is 30.5 Å². The molecule has 0 aromatic heterocycles. The van der Waals surface area contributed by atoms with Crippen LogP contribution in [0, 0.1) is 0 Å². The summed E-state index contributed by atoms with van der Waals surface area (Å²) in [4.78, 5) is 39.4. The third kappa shape index (κ3) is 15.0. The molecule has 0 aliphatic rings. The van der Waals surface area contributed by atoms with E-state index in [1.165, 1.54) is 4.90 Å². The highest BCUT2D eigenvalue weighted by Gasteiger charge is 2.21. The summed E-state index contributed by atoms with van der Waals surface area (Å²) < 4.78 is 0. The molecule has 0 bridgehead atoms. The molecule has 204 valence electrons. The number of hydrogen-bond donors (Lipinski definition) is 2. The second-order valence-electron chi connectivity index (χ2n) is 8.89. The predicted octanol–water partition coefficient (Wildman–Crippen LogP) is 6.84. The Balaban J connectivity index is 2.61. The van der Waals surface area contributed by atoms with Crippen LogP contribution in [-0.2, 0) is 16.0 Å². The highest BCUT2D eigenvalue weighted by molar-refractivity contribution is 7.99. The molecule has 0 heterocycles. The average molecular weight is 561 g/mol. The Hall–Kier alpha value is -1.44. The molecule has 0 radical (unpaired) electrons. The fraction of sp³-hybridized carbons (Fsp3) is 0.667. The van der Waals surface area contributed by atoms with Crippen LogP contribution in [0.3, 0.4) is 0 Å². The molecule has 1 aromatic rings. The van der Waals surface area contributed by atoms with Gasteiger partial charge in [-0.3, -0.25) is 14.5 Å². The summed E-state index contributed by atoms with van der Waals surface area (Å²) in [6.45, 7) is 5.29. The number of benzene rings is 1. The number of halogens is 2. The van der Waals surface area contributed by atoms with Gasteiger partial charge >= 0.3 is 6.03 Å². The highest BCUT2D eigenvalue weighted by atomic mass is 35.5. The molecule has 1 atom stereocenters. The molecule has 0 saturated carbocycles. The molecule has 36 heavy (non-hydrogen) atoms. The van der Waals surface area contributed by atoms with E-state index in [0.717, 1.165) is 62.7 Å².